The van der Waals surface area contributed by atoms with E-state index in [2.05, 4.69) is 84.4 Å². The van der Waals surface area contributed by atoms with Crippen LogP contribution in [0, 0.1) is 6.92 Å². The summed E-state index contributed by atoms with van der Waals surface area (Å²) in [5.41, 5.74) is 4.50. The molecule has 1 aromatic heterocycles. The molecule has 0 aliphatic carbocycles. The second-order valence-electron chi connectivity index (χ2n) is 6.64. The molecule has 0 fully saturated rings. The fraction of sp³-hybridized carbons (Fsp3) is 0.174. The minimum absolute atomic E-state index is 0.0131. The lowest BCUT2D eigenvalue weighted by molar-refractivity contribution is -0.113. The van der Waals surface area contributed by atoms with Gasteiger partial charge in [0.05, 0.1) is 5.75 Å². The first-order chi connectivity index (χ1) is 13.2. The van der Waals surface area contributed by atoms with Gasteiger partial charge < -0.3 is 9.88 Å². The summed E-state index contributed by atoms with van der Waals surface area (Å²) in [6.45, 7) is 5.14. The lowest BCUT2D eigenvalue weighted by atomic mass is 10.1. The molecule has 27 heavy (non-hydrogen) atoms. The van der Waals surface area contributed by atoms with Crippen LogP contribution in [0.25, 0.3) is 21.8 Å². The number of aromatic nitrogens is 1. The third kappa shape index (κ3) is 3.58. The molecule has 3 nitrogen and oxygen atoms in total. The maximum atomic E-state index is 12.4. The van der Waals surface area contributed by atoms with Crippen LogP contribution in [0.5, 0.6) is 0 Å². The van der Waals surface area contributed by atoms with Gasteiger partial charge in [0, 0.05) is 38.9 Å². The number of anilines is 1. The van der Waals surface area contributed by atoms with Crippen LogP contribution in [0.1, 0.15) is 12.5 Å². The number of carbonyl (C=O) groups excluding carboxylic acids is 1. The topological polar surface area (TPSA) is 34.0 Å². The zero-order valence-electron chi connectivity index (χ0n) is 15.5. The molecule has 0 bridgehead atoms. The van der Waals surface area contributed by atoms with Crippen LogP contribution in [0.15, 0.2) is 71.6 Å². The van der Waals surface area contributed by atoms with Crippen molar-refractivity contribution in [1.82, 2.24) is 4.57 Å². The summed E-state index contributed by atoms with van der Waals surface area (Å²) in [4.78, 5) is 13.5. The Labute approximate surface area is 163 Å². The Bertz CT molecular complexity index is 1110. The highest BCUT2D eigenvalue weighted by Gasteiger charge is 2.11. The molecular weight excluding hydrogens is 352 g/mol. The van der Waals surface area contributed by atoms with Crippen LogP contribution >= 0.6 is 11.8 Å². The fourth-order valence-corrected chi connectivity index (χ4v) is 4.15. The number of nitrogens with zero attached hydrogens (tertiary/aromatic N) is 1. The number of thioether (sulfide) groups is 1. The van der Waals surface area contributed by atoms with Gasteiger partial charge in [-0.2, -0.15) is 0 Å². The van der Waals surface area contributed by atoms with E-state index in [-0.39, 0.29) is 5.91 Å². The molecule has 0 atom stereocenters. The number of hydrogen-bond acceptors (Lipinski definition) is 2. The summed E-state index contributed by atoms with van der Waals surface area (Å²) in [5.74, 6) is 0.414. The number of fused-ring (bicyclic) bond motifs is 3. The van der Waals surface area contributed by atoms with Crippen molar-refractivity contribution in [3.63, 3.8) is 0 Å². The van der Waals surface area contributed by atoms with Crippen LogP contribution in [0.3, 0.4) is 0 Å². The van der Waals surface area contributed by atoms with Crippen molar-refractivity contribution in [3.05, 3.63) is 72.3 Å². The van der Waals surface area contributed by atoms with Gasteiger partial charge in [-0.3, -0.25) is 4.79 Å². The Morgan fingerprint density at radius 2 is 1.70 bits per heavy atom. The lowest BCUT2D eigenvalue weighted by Gasteiger charge is -2.07. The third-order valence-corrected chi connectivity index (χ3v) is 5.78. The second-order valence-corrected chi connectivity index (χ2v) is 7.69. The molecule has 4 aromatic rings. The van der Waals surface area contributed by atoms with Gasteiger partial charge >= 0.3 is 0 Å². The van der Waals surface area contributed by atoms with Crippen molar-refractivity contribution in [2.24, 2.45) is 0 Å². The highest BCUT2D eigenvalue weighted by molar-refractivity contribution is 8.00. The number of hydrogen-bond donors (Lipinski definition) is 1. The summed E-state index contributed by atoms with van der Waals surface area (Å²) in [7, 11) is 0. The van der Waals surface area contributed by atoms with Crippen molar-refractivity contribution >= 4 is 45.2 Å². The van der Waals surface area contributed by atoms with Crippen molar-refractivity contribution < 1.29 is 4.79 Å². The second kappa shape index (κ2) is 7.49. The first-order valence-electron chi connectivity index (χ1n) is 9.16. The molecule has 4 rings (SSSR count). The van der Waals surface area contributed by atoms with E-state index >= 15 is 0 Å². The zero-order valence-corrected chi connectivity index (χ0v) is 16.3. The summed E-state index contributed by atoms with van der Waals surface area (Å²) >= 11 is 1.55. The highest BCUT2D eigenvalue weighted by atomic mass is 32.2. The van der Waals surface area contributed by atoms with Gasteiger partial charge in [-0.15, -0.1) is 11.8 Å². The number of nitrogens with one attached hydrogen (secondary N) is 1. The first-order valence-corrected chi connectivity index (χ1v) is 10.1. The van der Waals surface area contributed by atoms with Gasteiger partial charge in [0.15, 0.2) is 0 Å². The van der Waals surface area contributed by atoms with Crippen molar-refractivity contribution in [2.45, 2.75) is 25.3 Å². The Morgan fingerprint density at radius 1 is 0.963 bits per heavy atom. The molecule has 136 valence electrons. The first kappa shape index (κ1) is 17.7. The molecule has 0 aliphatic rings. The van der Waals surface area contributed by atoms with E-state index in [1.54, 1.807) is 11.8 Å². The Hall–Kier alpha value is -2.72. The van der Waals surface area contributed by atoms with Crippen molar-refractivity contribution in [1.29, 1.82) is 0 Å². The minimum atomic E-state index is 0.0131. The van der Waals surface area contributed by atoms with Crippen LogP contribution in [0.4, 0.5) is 5.69 Å². The Morgan fingerprint density at radius 3 is 2.48 bits per heavy atom. The van der Waals surface area contributed by atoms with E-state index in [9.17, 15) is 4.79 Å². The summed E-state index contributed by atoms with van der Waals surface area (Å²) in [6.07, 6.45) is 0. The smallest absolute Gasteiger partial charge is 0.234 e. The van der Waals surface area contributed by atoms with E-state index in [1.165, 1.54) is 27.4 Å². The molecule has 0 saturated heterocycles. The normalized spacial score (nSPS) is 11.2. The van der Waals surface area contributed by atoms with Gasteiger partial charge in [-0.05, 0) is 50.2 Å². The number of benzene rings is 3. The quantitative estimate of drug-likeness (QED) is 0.444. The number of rotatable bonds is 5. The maximum absolute atomic E-state index is 12.4. The zero-order chi connectivity index (χ0) is 18.8. The fourth-order valence-electron chi connectivity index (χ4n) is 3.45. The Kier molecular flexibility index (Phi) is 4.90. The highest BCUT2D eigenvalue weighted by Crippen LogP contribution is 2.31. The molecule has 1 amide bonds. The summed E-state index contributed by atoms with van der Waals surface area (Å²) in [5, 5.41) is 5.44. The average Bonchev–Trinajstić information content (AvgIpc) is 3.01. The van der Waals surface area contributed by atoms with Crippen LogP contribution in [-0.2, 0) is 11.3 Å². The summed E-state index contributed by atoms with van der Waals surface area (Å²) < 4.78 is 2.31. The molecular formula is C23H22N2OS. The van der Waals surface area contributed by atoms with E-state index in [1.807, 2.05) is 6.07 Å². The third-order valence-electron chi connectivity index (χ3n) is 4.76. The molecule has 0 saturated carbocycles. The molecule has 1 heterocycles. The Balaban J connectivity index is 1.54. The van der Waals surface area contributed by atoms with Gasteiger partial charge in [0.2, 0.25) is 5.91 Å². The van der Waals surface area contributed by atoms with Gasteiger partial charge in [0.1, 0.15) is 0 Å². The minimum Gasteiger partial charge on any atom is -0.341 e. The van der Waals surface area contributed by atoms with Crippen LogP contribution in [-0.4, -0.2) is 16.2 Å². The van der Waals surface area contributed by atoms with E-state index in [4.69, 9.17) is 0 Å². The van der Waals surface area contributed by atoms with E-state index in [0.29, 0.717) is 5.75 Å². The molecule has 1 N–H and O–H groups in total. The molecule has 0 radical (unpaired) electrons. The maximum Gasteiger partial charge on any atom is 0.234 e. The SMILES string of the molecule is CCn1c2ccccc2c2cc(NC(=O)CSc3ccc(C)cc3)ccc21. The van der Waals surface area contributed by atoms with Gasteiger partial charge in [0.25, 0.3) is 0 Å². The lowest BCUT2D eigenvalue weighted by Crippen LogP contribution is -2.13. The van der Waals surface area contributed by atoms with Crippen molar-refractivity contribution in [2.75, 3.05) is 11.1 Å². The monoisotopic (exact) mass is 374 g/mol. The number of para-hydroxylation sites is 1. The molecule has 0 spiro atoms. The summed E-state index contributed by atoms with van der Waals surface area (Å²) in [6, 6.07) is 22.8. The predicted octanol–water partition coefficient (Wildman–Crippen LogP) is 5.85. The number of aryl methyl sites for hydroxylation is 2. The largest absolute Gasteiger partial charge is 0.341 e. The molecule has 0 unspecified atom stereocenters. The van der Waals surface area contributed by atoms with E-state index < -0.39 is 0 Å². The van der Waals surface area contributed by atoms with Crippen LogP contribution in [0.2, 0.25) is 0 Å². The van der Waals surface area contributed by atoms with Gasteiger partial charge in [-0.25, -0.2) is 0 Å². The average molecular weight is 375 g/mol. The van der Waals surface area contributed by atoms with Gasteiger partial charge in [-0.1, -0.05) is 35.9 Å². The standard InChI is InChI=1S/C23H22N2OS/c1-3-25-21-7-5-4-6-19(21)20-14-17(10-13-22(20)25)24-23(26)15-27-18-11-8-16(2)9-12-18/h4-14H,3,15H2,1-2H3,(H,24,26). The molecule has 0 aliphatic heterocycles. The van der Waals surface area contributed by atoms with Crippen LogP contribution < -0.4 is 5.32 Å². The molecule has 4 heteroatoms. The molecule has 3 aromatic carbocycles. The van der Waals surface area contributed by atoms with Crippen molar-refractivity contribution in [3.8, 4) is 0 Å². The van der Waals surface area contributed by atoms with E-state index in [0.717, 1.165) is 17.1 Å². The number of amides is 1. The predicted molar refractivity (Wildman–Crippen MR) is 116 cm³/mol. The number of carbonyl (C=O) groups is 1.